The van der Waals surface area contributed by atoms with Gasteiger partial charge < -0.3 is 0 Å². The molecule has 0 unspecified atom stereocenters. The van der Waals surface area contributed by atoms with E-state index >= 15 is 0 Å². The van der Waals surface area contributed by atoms with Crippen molar-refractivity contribution in [3.63, 3.8) is 0 Å². The highest BCUT2D eigenvalue weighted by Gasteiger charge is 2.51. The van der Waals surface area contributed by atoms with Crippen LogP contribution in [0.25, 0.3) is 0 Å². The van der Waals surface area contributed by atoms with E-state index in [1.807, 2.05) is 12.2 Å². The van der Waals surface area contributed by atoms with Crippen LogP contribution in [0.5, 0.6) is 0 Å². The molecule has 0 N–H and O–H groups in total. The minimum Gasteiger partial charge on any atom is -0.272 e. The fraction of sp³-hybridized carbons (Fsp3) is 0.227. The summed E-state index contributed by atoms with van der Waals surface area (Å²) in [5, 5.41) is 3.11. The van der Waals surface area contributed by atoms with Crippen molar-refractivity contribution >= 4 is 52.5 Å². The molecule has 30 heavy (non-hydrogen) atoms. The molecule has 2 atom stereocenters. The Labute approximate surface area is 188 Å². The van der Waals surface area contributed by atoms with E-state index in [4.69, 9.17) is 34.8 Å². The molecule has 1 fully saturated rings. The average Bonchev–Trinajstić information content (AvgIpc) is 2.98. The van der Waals surface area contributed by atoms with Gasteiger partial charge in [0, 0.05) is 10.0 Å². The van der Waals surface area contributed by atoms with Crippen LogP contribution in [-0.4, -0.2) is 27.7 Å². The first-order valence-electron chi connectivity index (χ1n) is 9.41. The van der Waals surface area contributed by atoms with Gasteiger partial charge in [-0.25, -0.2) is 5.01 Å². The van der Waals surface area contributed by atoms with Crippen molar-refractivity contribution in [2.75, 3.05) is 0 Å². The molecule has 154 valence electrons. The Hall–Kier alpha value is -2.34. The maximum Gasteiger partial charge on any atom is 0.274 e. The molecule has 0 radical (unpaired) electrons. The predicted octanol–water partition coefficient (Wildman–Crippen LogP) is 5.16. The van der Waals surface area contributed by atoms with E-state index in [1.165, 1.54) is 0 Å². The molecule has 1 aliphatic heterocycles. The molecule has 5 nitrogen and oxygen atoms in total. The highest BCUT2D eigenvalue weighted by molar-refractivity contribution is 6.35. The highest BCUT2D eigenvalue weighted by atomic mass is 35.5. The van der Waals surface area contributed by atoms with Gasteiger partial charge in [-0.2, -0.15) is 5.01 Å². The van der Waals surface area contributed by atoms with Gasteiger partial charge in [0.1, 0.15) is 0 Å². The van der Waals surface area contributed by atoms with Gasteiger partial charge >= 0.3 is 0 Å². The molecule has 0 saturated carbocycles. The molecule has 0 spiro atoms. The summed E-state index contributed by atoms with van der Waals surface area (Å²) in [5.74, 6) is -2.27. The molecule has 0 aromatic heterocycles. The second-order valence-corrected chi connectivity index (χ2v) is 8.47. The smallest absolute Gasteiger partial charge is 0.272 e. The fourth-order valence-corrected chi connectivity index (χ4v) is 4.52. The molecule has 1 heterocycles. The quantitative estimate of drug-likeness (QED) is 0.465. The van der Waals surface area contributed by atoms with Crippen LogP contribution in [-0.2, 0) is 16.1 Å². The van der Waals surface area contributed by atoms with Crippen molar-refractivity contribution < 1.29 is 14.4 Å². The molecule has 1 aliphatic carbocycles. The Morgan fingerprint density at radius 3 is 2.17 bits per heavy atom. The second kappa shape index (κ2) is 8.42. The van der Waals surface area contributed by atoms with Crippen molar-refractivity contribution in [3.05, 3.63) is 80.8 Å². The SMILES string of the molecule is O=C(c1ccccc1Cl)N(Cc1ccc(Cl)cc1Cl)N1C(=O)[C@@H]2CC=CC[C@H]2C1=O. The summed E-state index contributed by atoms with van der Waals surface area (Å²) in [6.07, 6.45) is 4.74. The summed E-state index contributed by atoms with van der Waals surface area (Å²) >= 11 is 18.5. The Balaban J connectivity index is 1.75. The predicted molar refractivity (Wildman–Crippen MR) is 115 cm³/mol. The molecule has 4 rings (SSSR count). The summed E-state index contributed by atoms with van der Waals surface area (Å²) in [5.41, 5.74) is 0.743. The number of hydrazine groups is 1. The molecule has 3 amide bonds. The lowest BCUT2D eigenvalue weighted by Crippen LogP contribution is -2.50. The Morgan fingerprint density at radius 2 is 1.57 bits per heavy atom. The molecule has 1 saturated heterocycles. The molecule has 0 bridgehead atoms. The lowest BCUT2D eigenvalue weighted by atomic mass is 9.85. The van der Waals surface area contributed by atoms with Crippen molar-refractivity contribution in [1.82, 2.24) is 10.0 Å². The van der Waals surface area contributed by atoms with Gasteiger partial charge in [0.15, 0.2) is 0 Å². The van der Waals surface area contributed by atoms with Crippen LogP contribution in [0.15, 0.2) is 54.6 Å². The fourth-order valence-electron chi connectivity index (χ4n) is 3.84. The Kier molecular flexibility index (Phi) is 5.87. The van der Waals surface area contributed by atoms with Crippen molar-refractivity contribution in [2.24, 2.45) is 11.8 Å². The van der Waals surface area contributed by atoms with Crippen molar-refractivity contribution in [3.8, 4) is 0 Å². The van der Waals surface area contributed by atoms with Gasteiger partial charge in [-0.05, 0) is 42.7 Å². The van der Waals surface area contributed by atoms with E-state index in [0.29, 0.717) is 28.5 Å². The minimum absolute atomic E-state index is 0.0790. The molecule has 2 aromatic rings. The van der Waals surface area contributed by atoms with Gasteiger partial charge in [-0.15, -0.1) is 0 Å². The lowest BCUT2D eigenvalue weighted by Gasteiger charge is -2.31. The van der Waals surface area contributed by atoms with Crippen LogP contribution in [0.1, 0.15) is 28.8 Å². The summed E-state index contributed by atoms with van der Waals surface area (Å²) in [4.78, 5) is 39.7. The maximum absolute atomic E-state index is 13.4. The number of amides is 3. The monoisotopic (exact) mass is 462 g/mol. The first kappa shape index (κ1) is 20.9. The number of hydrogen-bond acceptors (Lipinski definition) is 3. The third-order valence-electron chi connectivity index (χ3n) is 5.40. The number of hydrogen-bond donors (Lipinski definition) is 0. The number of carbonyl (C=O) groups excluding carboxylic acids is 3. The first-order valence-corrected chi connectivity index (χ1v) is 10.5. The number of imide groups is 1. The van der Waals surface area contributed by atoms with Gasteiger partial charge in [-0.1, -0.05) is 65.2 Å². The second-order valence-electron chi connectivity index (χ2n) is 7.22. The van der Waals surface area contributed by atoms with E-state index < -0.39 is 17.7 Å². The molecule has 2 aliphatic rings. The zero-order chi connectivity index (χ0) is 21.4. The number of allylic oxidation sites excluding steroid dienone is 2. The third kappa shape index (κ3) is 3.73. The van der Waals surface area contributed by atoms with Crippen molar-refractivity contribution in [1.29, 1.82) is 0 Å². The van der Waals surface area contributed by atoms with E-state index in [2.05, 4.69) is 0 Å². The average molecular weight is 464 g/mol. The molecule has 2 aromatic carbocycles. The third-order valence-corrected chi connectivity index (χ3v) is 6.32. The largest absolute Gasteiger partial charge is 0.274 e. The van der Waals surface area contributed by atoms with Crippen LogP contribution < -0.4 is 0 Å². The van der Waals surface area contributed by atoms with Crippen LogP contribution >= 0.6 is 34.8 Å². The van der Waals surface area contributed by atoms with E-state index in [9.17, 15) is 14.4 Å². The molecular formula is C22H17Cl3N2O3. The first-order chi connectivity index (χ1) is 14.4. The number of fused-ring (bicyclic) bond motifs is 1. The maximum atomic E-state index is 13.4. The minimum atomic E-state index is -0.556. The van der Waals surface area contributed by atoms with Crippen LogP contribution in [0.2, 0.25) is 15.1 Å². The number of nitrogens with zero attached hydrogens (tertiary/aromatic N) is 2. The number of rotatable bonds is 4. The normalized spacial score (nSPS) is 20.4. The summed E-state index contributed by atoms with van der Waals surface area (Å²) in [6.45, 7) is -0.0790. The van der Waals surface area contributed by atoms with Crippen LogP contribution in [0.4, 0.5) is 0 Å². The van der Waals surface area contributed by atoms with Crippen LogP contribution in [0.3, 0.4) is 0 Å². The Morgan fingerprint density at radius 1 is 0.933 bits per heavy atom. The van der Waals surface area contributed by atoms with Gasteiger partial charge in [0.25, 0.3) is 17.7 Å². The molecular weight excluding hydrogens is 447 g/mol. The molecule has 8 heteroatoms. The topological polar surface area (TPSA) is 57.7 Å². The van der Waals surface area contributed by atoms with E-state index in [1.54, 1.807) is 42.5 Å². The zero-order valence-electron chi connectivity index (χ0n) is 15.7. The van der Waals surface area contributed by atoms with E-state index in [-0.39, 0.29) is 28.9 Å². The van der Waals surface area contributed by atoms with Crippen molar-refractivity contribution in [2.45, 2.75) is 19.4 Å². The zero-order valence-corrected chi connectivity index (χ0v) is 18.0. The summed E-state index contributed by atoms with van der Waals surface area (Å²) in [6, 6.07) is 11.4. The van der Waals surface area contributed by atoms with Gasteiger partial charge in [0.05, 0.1) is 29.0 Å². The van der Waals surface area contributed by atoms with Gasteiger partial charge in [-0.3, -0.25) is 14.4 Å². The van der Waals surface area contributed by atoms with Gasteiger partial charge in [0.2, 0.25) is 0 Å². The lowest BCUT2D eigenvalue weighted by molar-refractivity contribution is -0.155. The highest BCUT2D eigenvalue weighted by Crippen LogP contribution is 2.37. The summed E-state index contributed by atoms with van der Waals surface area (Å²) < 4.78 is 0. The van der Waals surface area contributed by atoms with Crippen LogP contribution in [0, 0.1) is 11.8 Å². The Bertz CT molecular complexity index is 1040. The van der Waals surface area contributed by atoms with E-state index in [0.717, 1.165) is 10.0 Å². The standard InChI is InChI=1S/C22H17Cl3N2O3/c23-14-10-9-13(19(25)11-14)12-26(20(28)17-7-3-4-8-18(17)24)27-21(29)15-5-1-2-6-16(15)22(27)30/h1-4,7-11,15-16H,5-6,12H2/t15-,16-/m1/s1. The number of halogens is 3. The number of carbonyl (C=O) groups is 3. The summed E-state index contributed by atoms with van der Waals surface area (Å²) in [7, 11) is 0. The number of benzene rings is 2.